The number of carboxylic acid groups (broad SMARTS) is 1. The van der Waals surface area contributed by atoms with Crippen molar-refractivity contribution in [3.8, 4) is 5.75 Å². The Morgan fingerprint density at radius 2 is 1.71 bits per heavy atom. The number of ether oxygens (including phenoxy) is 1. The van der Waals surface area contributed by atoms with Crippen molar-refractivity contribution in [1.29, 1.82) is 0 Å². The Balaban J connectivity index is 2.16. The molecule has 0 unspecified atom stereocenters. The van der Waals surface area contributed by atoms with E-state index in [0.29, 0.717) is 23.3 Å². The summed E-state index contributed by atoms with van der Waals surface area (Å²) in [4.78, 5) is 35.5. The summed E-state index contributed by atoms with van der Waals surface area (Å²) in [6.45, 7) is 0.187. The number of aliphatic carboxylic acids is 1. The van der Waals surface area contributed by atoms with Gasteiger partial charge in [-0.1, -0.05) is 30.3 Å². The number of carbonyl (C=O) groups is 3. The standard InChI is InChI=1S/C21H22N2O5/c1-28-17-11-9-15(10-12-17)14-18(21(27)22-13-5-8-19(24)25)23-20(26)16-6-3-2-4-7-16/h2-4,6-7,9-12,14H,5,8,13H2,1H3,(H,22,27)(H,23,26)(H,24,25). The largest absolute Gasteiger partial charge is 0.497 e. The van der Waals surface area contributed by atoms with Crippen molar-refractivity contribution in [3.05, 3.63) is 71.4 Å². The lowest BCUT2D eigenvalue weighted by atomic mass is 10.1. The molecule has 0 saturated carbocycles. The van der Waals surface area contributed by atoms with Gasteiger partial charge >= 0.3 is 5.97 Å². The van der Waals surface area contributed by atoms with E-state index in [9.17, 15) is 14.4 Å². The van der Waals surface area contributed by atoms with Crippen molar-refractivity contribution < 1.29 is 24.2 Å². The lowest BCUT2D eigenvalue weighted by molar-refractivity contribution is -0.137. The maximum atomic E-state index is 12.5. The van der Waals surface area contributed by atoms with Gasteiger partial charge in [0.25, 0.3) is 11.8 Å². The highest BCUT2D eigenvalue weighted by Crippen LogP contribution is 2.14. The number of carboxylic acids is 1. The van der Waals surface area contributed by atoms with Crippen LogP contribution in [0.25, 0.3) is 6.08 Å². The first-order chi connectivity index (χ1) is 13.5. The molecule has 28 heavy (non-hydrogen) atoms. The molecule has 146 valence electrons. The summed E-state index contributed by atoms with van der Waals surface area (Å²) in [5.41, 5.74) is 1.18. The van der Waals surface area contributed by atoms with Gasteiger partial charge in [0.05, 0.1) is 7.11 Å². The van der Waals surface area contributed by atoms with E-state index in [1.54, 1.807) is 67.8 Å². The van der Waals surface area contributed by atoms with Crippen LogP contribution in [0, 0.1) is 0 Å². The number of rotatable bonds is 9. The summed E-state index contributed by atoms with van der Waals surface area (Å²) in [5.74, 6) is -1.17. The van der Waals surface area contributed by atoms with Crippen LogP contribution in [0.3, 0.4) is 0 Å². The minimum absolute atomic E-state index is 0.0474. The first kappa shape index (κ1) is 20.7. The summed E-state index contributed by atoms with van der Waals surface area (Å²) in [6.07, 6.45) is 1.80. The predicted molar refractivity (Wildman–Crippen MR) is 105 cm³/mol. The number of hydrogen-bond donors (Lipinski definition) is 3. The molecule has 0 bridgehead atoms. The normalized spacial score (nSPS) is 10.8. The monoisotopic (exact) mass is 382 g/mol. The molecule has 7 nitrogen and oxygen atoms in total. The van der Waals surface area contributed by atoms with Crippen LogP contribution in [0.15, 0.2) is 60.3 Å². The Hall–Kier alpha value is -3.61. The van der Waals surface area contributed by atoms with E-state index in [0.717, 1.165) is 0 Å². The predicted octanol–water partition coefficient (Wildman–Crippen LogP) is 2.45. The number of benzene rings is 2. The molecule has 0 spiro atoms. The smallest absolute Gasteiger partial charge is 0.303 e. The van der Waals surface area contributed by atoms with E-state index in [2.05, 4.69) is 10.6 Å². The lowest BCUT2D eigenvalue weighted by Crippen LogP contribution is -2.35. The van der Waals surface area contributed by atoms with Crippen LogP contribution >= 0.6 is 0 Å². The summed E-state index contributed by atoms with van der Waals surface area (Å²) in [7, 11) is 1.56. The van der Waals surface area contributed by atoms with Gasteiger partial charge in [-0.2, -0.15) is 0 Å². The third-order valence-electron chi connectivity index (χ3n) is 3.81. The molecule has 0 radical (unpaired) electrons. The molecule has 0 fully saturated rings. The molecule has 2 amide bonds. The molecule has 2 aromatic carbocycles. The molecule has 0 aliphatic carbocycles. The van der Waals surface area contributed by atoms with Crippen LogP contribution < -0.4 is 15.4 Å². The van der Waals surface area contributed by atoms with Gasteiger partial charge in [-0.25, -0.2) is 0 Å². The fraction of sp³-hybridized carbons (Fsp3) is 0.190. The van der Waals surface area contributed by atoms with Crippen LogP contribution in [0.5, 0.6) is 5.75 Å². The van der Waals surface area contributed by atoms with E-state index >= 15 is 0 Å². The first-order valence-electron chi connectivity index (χ1n) is 8.71. The highest BCUT2D eigenvalue weighted by Gasteiger charge is 2.14. The van der Waals surface area contributed by atoms with E-state index in [-0.39, 0.29) is 18.7 Å². The van der Waals surface area contributed by atoms with Gasteiger partial charge in [-0.3, -0.25) is 14.4 Å². The SMILES string of the molecule is COc1ccc(C=C(NC(=O)c2ccccc2)C(=O)NCCCC(=O)O)cc1. The number of amides is 2. The summed E-state index contributed by atoms with van der Waals surface area (Å²) in [6, 6.07) is 15.5. The van der Waals surface area contributed by atoms with Gasteiger partial charge in [-0.15, -0.1) is 0 Å². The average Bonchev–Trinajstić information content (AvgIpc) is 2.71. The minimum Gasteiger partial charge on any atom is -0.497 e. The highest BCUT2D eigenvalue weighted by atomic mass is 16.5. The van der Waals surface area contributed by atoms with Gasteiger partial charge in [0.15, 0.2) is 0 Å². The molecule has 2 rings (SSSR count). The van der Waals surface area contributed by atoms with Gasteiger partial charge in [0.1, 0.15) is 11.4 Å². The lowest BCUT2D eigenvalue weighted by Gasteiger charge is -2.11. The second kappa shape index (κ2) is 10.5. The molecule has 3 N–H and O–H groups in total. The Bertz CT molecular complexity index is 845. The van der Waals surface area contributed by atoms with Crippen molar-refractivity contribution in [3.63, 3.8) is 0 Å². The van der Waals surface area contributed by atoms with E-state index in [1.807, 2.05) is 0 Å². The fourth-order valence-electron chi connectivity index (χ4n) is 2.35. The van der Waals surface area contributed by atoms with Crippen LogP contribution in [0.4, 0.5) is 0 Å². The Morgan fingerprint density at radius 3 is 2.32 bits per heavy atom. The molecule has 0 saturated heterocycles. The second-order valence-electron chi connectivity index (χ2n) is 5.90. The number of hydrogen-bond acceptors (Lipinski definition) is 4. The van der Waals surface area contributed by atoms with Crippen molar-refractivity contribution in [2.75, 3.05) is 13.7 Å². The molecule has 0 heterocycles. The van der Waals surface area contributed by atoms with E-state index in [4.69, 9.17) is 9.84 Å². The van der Waals surface area contributed by atoms with Gasteiger partial charge in [0.2, 0.25) is 0 Å². The highest BCUT2D eigenvalue weighted by molar-refractivity contribution is 6.05. The van der Waals surface area contributed by atoms with Crippen molar-refractivity contribution >= 4 is 23.9 Å². The summed E-state index contributed by atoms with van der Waals surface area (Å²) in [5, 5.41) is 13.9. The maximum Gasteiger partial charge on any atom is 0.303 e. The molecule has 0 atom stereocenters. The van der Waals surface area contributed by atoms with Gasteiger partial charge in [0, 0.05) is 18.5 Å². The molecule has 0 aliphatic heterocycles. The third-order valence-corrected chi connectivity index (χ3v) is 3.81. The Labute approximate surface area is 163 Å². The zero-order valence-electron chi connectivity index (χ0n) is 15.5. The Kier molecular flexibility index (Phi) is 7.77. The first-order valence-corrected chi connectivity index (χ1v) is 8.71. The maximum absolute atomic E-state index is 12.5. The second-order valence-corrected chi connectivity index (χ2v) is 5.90. The van der Waals surface area contributed by atoms with Crippen molar-refractivity contribution in [2.45, 2.75) is 12.8 Å². The third kappa shape index (κ3) is 6.60. The fourth-order valence-corrected chi connectivity index (χ4v) is 2.35. The van der Waals surface area contributed by atoms with Crippen LogP contribution in [-0.2, 0) is 9.59 Å². The van der Waals surface area contributed by atoms with Gasteiger partial charge < -0.3 is 20.5 Å². The number of nitrogens with one attached hydrogen (secondary N) is 2. The topological polar surface area (TPSA) is 105 Å². The van der Waals surface area contributed by atoms with Crippen molar-refractivity contribution in [2.24, 2.45) is 0 Å². The zero-order chi connectivity index (χ0) is 20.4. The van der Waals surface area contributed by atoms with Crippen molar-refractivity contribution in [1.82, 2.24) is 10.6 Å². The van der Waals surface area contributed by atoms with E-state index < -0.39 is 17.8 Å². The van der Waals surface area contributed by atoms with Crippen LogP contribution in [0.1, 0.15) is 28.8 Å². The minimum atomic E-state index is -0.930. The average molecular weight is 382 g/mol. The van der Waals surface area contributed by atoms with Crippen LogP contribution in [0.2, 0.25) is 0 Å². The summed E-state index contributed by atoms with van der Waals surface area (Å²) < 4.78 is 5.11. The van der Waals surface area contributed by atoms with Crippen LogP contribution in [-0.4, -0.2) is 36.5 Å². The quantitative estimate of drug-likeness (QED) is 0.456. The molecule has 0 aromatic heterocycles. The molecule has 7 heteroatoms. The number of methoxy groups -OCH3 is 1. The number of carbonyl (C=O) groups excluding carboxylic acids is 2. The molecular formula is C21H22N2O5. The van der Waals surface area contributed by atoms with Gasteiger partial charge in [-0.05, 0) is 42.3 Å². The molecule has 0 aliphatic rings. The zero-order valence-corrected chi connectivity index (χ0v) is 15.5. The Morgan fingerprint density at radius 1 is 1.04 bits per heavy atom. The summed E-state index contributed by atoms with van der Waals surface area (Å²) >= 11 is 0. The molecular weight excluding hydrogens is 360 g/mol. The molecule has 2 aromatic rings. The van der Waals surface area contributed by atoms with E-state index in [1.165, 1.54) is 0 Å².